The van der Waals surface area contributed by atoms with E-state index in [0.29, 0.717) is 43.2 Å². The summed E-state index contributed by atoms with van der Waals surface area (Å²) in [6.07, 6.45) is 2.46. The second-order valence-electron chi connectivity index (χ2n) is 6.06. The fourth-order valence-electron chi connectivity index (χ4n) is 3.13. The van der Waals surface area contributed by atoms with Gasteiger partial charge in [-0.2, -0.15) is 0 Å². The molecular weight excluding hydrogens is 324 g/mol. The van der Waals surface area contributed by atoms with Crippen LogP contribution in [0.2, 0.25) is 0 Å². The van der Waals surface area contributed by atoms with E-state index in [1.54, 1.807) is 23.3 Å². The highest BCUT2D eigenvalue weighted by molar-refractivity contribution is 5.90. The summed E-state index contributed by atoms with van der Waals surface area (Å²) in [4.78, 5) is 26.2. The first kappa shape index (κ1) is 15.6. The maximum absolute atomic E-state index is 12.5. The molecule has 1 aromatic heterocycles. The maximum atomic E-state index is 12.5. The SMILES string of the molecule is O=C(NCc1ccc2c(c1)OCO2)[C@H]1CCC(=O)N1Cc1ccco1. The van der Waals surface area contributed by atoms with Crippen LogP contribution in [0.5, 0.6) is 11.5 Å². The van der Waals surface area contributed by atoms with Crippen molar-refractivity contribution in [3.63, 3.8) is 0 Å². The normalized spacial score (nSPS) is 18.6. The number of carbonyl (C=O) groups is 2. The van der Waals surface area contributed by atoms with Crippen LogP contribution >= 0.6 is 0 Å². The van der Waals surface area contributed by atoms with Crippen LogP contribution in [0.25, 0.3) is 0 Å². The number of amides is 2. The lowest BCUT2D eigenvalue weighted by molar-refractivity contribution is -0.136. The number of benzene rings is 1. The minimum atomic E-state index is -0.466. The molecule has 2 aromatic rings. The van der Waals surface area contributed by atoms with Crippen LogP contribution in [0.3, 0.4) is 0 Å². The Morgan fingerprint density at radius 2 is 2.12 bits per heavy atom. The van der Waals surface area contributed by atoms with E-state index in [4.69, 9.17) is 13.9 Å². The fraction of sp³-hybridized carbons (Fsp3) is 0.333. The monoisotopic (exact) mass is 342 g/mol. The minimum absolute atomic E-state index is 0.0281. The molecule has 0 aliphatic carbocycles. The first-order valence-corrected chi connectivity index (χ1v) is 8.19. The number of fused-ring (bicyclic) bond motifs is 1. The third kappa shape index (κ3) is 3.17. The average Bonchev–Trinajstić information content (AvgIpc) is 3.35. The lowest BCUT2D eigenvalue weighted by Crippen LogP contribution is -2.44. The molecule has 0 radical (unpaired) electrons. The number of carbonyl (C=O) groups excluding carboxylic acids is 2. The van der Waals surface area contributed by atoms with Gasteiger partial charge in [0, 0.05) is 13.0 Å². The molecular formula is C18H18N2O5. The first-order chi connectivity index (χ1) is 12.2. The van der Waals surface area contributed by atoms with Crippen LogP contribution in [0.4, 0.5) is 0 Å². The first-order valence-electron chi connectivity index (χ1n) is 8.19. The van der Waals surface area contributed by atoms with E-state index in [-0.39, 0.29) is 18.6 Å². The van der Waals surface area contributed by atoms with Crippen LogP contribution in [-0.2, 0) is 22.7 Å². The Hall–Kier alpha value is -2.96. The van der Waals surface area contributed by atoms with Crippen molar-refractivity contribution in [1.82, 2.24) is 10.2 Å². The van der Waals surface area contributed by atoms with Gasteiger partial charge in [-0.05, 0) is 36.2 Å². The highest BCUT2D eigenvalue weighted by atomic mass is 16.7. The number of hydrogen-bond donors (Lipinski definition) is 1. The van der Waals surface area contributed by atoms with Crippen molar-refractivity contribution in [2.24, 2.45) is 0 Å². The number of furan rings is 1. The maximum Gasteiger partial charge on any atom is 0.243 e. The summed E-state index contributed by atoms with van der Waals surface area (Å²) in [7, 11) is 0. The summed E-state index contributed by atoms with van der Waals surface area (Å²) in [6.45, 7) is 0.903. The minimum Gasteiger partial charge on any atom is -0.467 e. The van der Waals surface area contributed by atoms with Gasteiger partial charge in [0.05, 0.1) is 12.8 Å². The average molecular weight is 342 g/mol. The Morgan fingerprint density at radius 3 is 2.96 bits per heavy atom. The summed E-state index contributed by atoms with van der Waals surface area (Å²) >= 11 is 0. The summed E-state index contributed by atoms with van der Waals surface area (Å²) in [5, 5.41) is 2.90. The van der Waals surface area contributed by atoms with Crippen LogP contribution in [-0.4, -0.2) is 29.5 Å². The van der Waals surface area contributed by atoms with Crippen LogP contribution in [0, 0.1) is 0 Å². The van der Waals surface area contributed by atoms with Crippen molar-refractivity contribution in [3.05, 3.63) is 47.9 Å². The second kappa shape index (κ2) is 6.51. The van der Waals surface area contributed by atoms with Crippen LogP contribution in [0.15, 0.2) is 41.0 Å². The molecule has 1 saturated heterocycles. The third-order valence-electron chi connectivity index (χ3n) is 4.44. The zero-order valence-corrected chi connectivity index (χ0v) is 13.6. The fourth-order valence-corrected chi connectivity index (χ4v) is 3.13. The quantitative estimate of drug-likeness (QED) is 0.896. The Kier molecular flexibility index (Phi) is 4.05. The van der Waals surface area contributed by atoms with Crippen molar-refractivity contribution in [2.45, 2.75) is 32.0 Å². The largest absolute Gasteiger partial charge is 0.467 e. The number of likely N-dealkylation sites (tertiary alicyclic amines) is 1. The Balaban J connectivity index is 1.39. The summed E-state index contributed by atoms with van der Waals surface area (Å²) in [5.41, 5.74) is 0.916. The molecule has 1 atom stereocenters. The van der Waals surface area contributed by atoms with Crippen LogP contribution in [0.1, 0.15) is 24.2 Å². The molecule has 7 heteroatoms. The van der Waals surface area contributed by atoms with Gasteiger partial charge in [0.1, 0.15) is 11.8 Å². The van der Waals surface area contributed by atoms with Gasteiger partial charge in [0.2, 0.25) is 18.6 Å². The van der Waals surface area contributed by atoms with Crippen molar-refractivity contribution in [1.29, 1.82) is 0 Å². The predicted molar refractivity (Wildman–Crippen MR) is 86.7 cm³/mol. The molecule has 0 bridgehead atoms. The molecule has 1 N–H and O–H groups in total. The lowest BCUT2D eigenvalue weighted by Gasteiger charge is -2.23. The highest BCUT2D eigenvalue weighted by Gasteiger charge is 2.36. The van der Waals surface area contributed by atoms with E-state index in [2.05, 4.69) is 5.32 Å². The summed E-state index contributed by atoms with van der Waals surface area (Å²) in [5.74, 6) is 1.88. The Labute approximate surface area is 144 Å². The molecule has 4 rings (SSSR count). The van der Waals surface area contributed by atoms with Crippen LogP contribution < -0.4 is 14.8 Å². The molecule has 0 spiro atoms. The van der Waals surface area contributed by atoms with Crippen molar-refractivity contribution < 1.29 is 23.5 Å². The lowest BCUT2D eigenvalue weighted by atomic mass is 10.1. The Morgan fingerprint density at radius 1 is 1.24 bits per heavy atom. The van der Waals surface area contributed by atoms with E-state index < -0.39 is 6.04 Å². The van der Waals surface area contributed by atoms with E-state index in [0.717, 1.165) is 5.56 Å². The number of ether oxygens (including phenoxy) is 2. The molecule has 2 aliphatic heterocycles. The number of nitrogens with one attached hydrogen (secondary N) is 1. The van der Waals surface area contributed by atoms with Gasteiger partial charge in [-0.3, -0.25) is 9.59 Å². The summed E-state index contributed by atoms with van der Waals surface area (Å²) < 4.78 is 15.9. The molecule has 130 valence electrons. The number of rotatable bonds is 5. The molecule has 7 nitrogen and oxygen atoms in total. The molecule has 1 aromatic carbocycles. The number of nitrogens with zero attached hydrogens (tertiary/aromatic N) is 1. The molecule has 1 fully saturated rings. The smallest absolute Gasteiger partial charge is 0.243 e. The molecule has 0 saturated carbocycles. The number of hydrogen-bond acceptors (Lipinski definition) is 5. The van der Waals surface area contributed by atoms with Gasteiger partial charge in [0.15, 0.2) is 11.5 Å². The van der Waals surface area contributed by atoms with Crippen molar-refractivity contribution >= 4 is 11.8 Å². The zero-order valence-electron chi connectivity index (χ0n) is 13.6. The topological polar surface area (TPSA) is 81.0 Å². The van der Waals surface area contributed by atoms with Gasteiger partial charge in [-0.1, -0.05) is 6.07 Å². The highest BCUT2D eigenvalue weighted by Crippen LogP contribution is 2.32. The van der Waals surface area contributed by atoms with E-state index in [1.807, 2.05) is 18.2 Å². The van der Waals surface area contributed by atoms with E-state index in [1.165, 1.54) is 0 Å². The molecule has 25 heavy (non-hydrogen) atoms. The predicted octanol–water partition coefficient (Wildman–Crippen LogP) is 1.82. The molecule has 0 unspecified atom stereocenters. The Bertz CT molecular complexity index is 787. The van der Waals surface area contributed by atoms with E-state index in [9.17, 15) is 9.59 Å². The van der Waals surface area contributed by atoms with Gasteiger partial charge in [-0.15, -0.1) is 0 Å². The third-order valence-corrected chi connectivity index (χ3v) is 4.44. The van der Waals surface area contributed by atoms with Crippen molar-refractivity contribution in [2.75, 3.05) is 6.79 Å². The molecule has 2 aliphatic rings. The molecule has 3 heterocycles. The van der Waals surface area contributed by atoms with Gasteiger partial charge >= 0.3 is 0 Å². The van der Waals surface area contributed by atoms with Gasteiger partial charge < -0.3 is 24.1 Å². The van der Waals surface area contributed by atoms with E-state index >= 15 is 0 Å². The van der Waals surface area contributed by atoms with Gasteiger partial charge in [0.25, 0.3) is 0 Å². The van der Waals surface area contributed by atoms with Crippen molar-refractivity contribution in [3.8, 4) is 11.5 Å². The standard InChI is InChI=1S/C18H18N2O5/c21-17-6-4-14(20(17)10-13-2-1-7-23-13)18(22)19-9-12-3-5-15-16(8-12)25-11-24-15/h1-3,5,7-8,14H,4,6,9-11H2,(H,19,22)/t14-/m1/s1. The zero-order chi connectivity index (χ0) is 17.2. The molecule has 2 amide bonds. The van der Waals surface area contributed by atoms with Gasteiger partial charge in [-0.25, -0.2) is 0 Å². The second-order valence-corrected chi connectivity index (χ2v) is 6.06. The summed E-state index contributed by atoms with van der Waals surface area (Å²) in [6, 6.07) is 8.66.